The van der Waals surface area contributed by atoms with Crippen molar-refractivity contribution < 1.29 is 0 Å². The maximum absolute atomic E-state index is 4.42. The second-order valence-corrected chi connectivity index (χ2v) is 10.6. The van der Waals surface area contributed by atoms with Crippen LogP contribution in [-0.4, -0.2) is 25.0 Å². The molecule has 0 radical (unpaired) electrons. The number of anilines is 2. The largest absolute Gasteiger partial charge is 0.351 e. The molecule has 0 spiro atoms. The Labute approximate surface area is 210 Å². The van der Waals surface area contributed by atoms with Gasteiger partial charge in [0.2, 0.25) is 0 Å². The number of piperidine rings is 1. The maximum atomic E-state index is 4.42. The third-order valence-corrected chi connectivity index (χ3v) is 8.11. The molecule has 0 N–H and O–H groups in total. The van der Waals surface area contributed by atoms with E-state index in [2.05, 4.69) is 80.6 Å². The highest BCUT2D eigenvalue weighted by Gasteiger charge is 2.37. The van der Waals surface area contributed by atoms with Gasteiger partial charge in [-0.1, -0.05) is 97.4 Å². The minimum Gasteiger partial charge on any atom is -0.351 e. The number of hydrogen-bond acceptors (Lipinski definition) is 3. The van der Waals surface area contributed by atoms with Gasteiger partial charge in [0.1, 0.15) is 5.82 Å². The maximum Gasteiger partial charge on any atom is 0.106 e. The lowest BCUT2D eigenvalue weighted by atomic mass is 9.92. The number of aryl methyl sites for hydroxylation is 1. The average Bonchev–Trinajstić information content (AvgIpc) is 3.07. The van der Waals surface area contributed by atoms with Gasteiger partial charge in [-0.25, -0.2) is 0 Å². The first-order valence-electron chi connectivity index (χ1n) is 13.8. The summed E-state index contributed by atoms with van der Waals surface area (Å²) in [6, 6.07) is 7.26. The third kappa shape index (κ3) is 6.09. The SMILES string of the molecule is C=C1CCC(N2C(=C)N(C)c3cc(CCCCCCCC(CCC)CCC)ccc32)C(=C)N1C. The number of rotatable bonds is 13. The van der Waals surface area contributed by atoms with Gasteiger partial charge >= 0.3 is 0 Å². The number of nitrogens with zero attached hydrogens (tertiary/aromatic N) is 3. The molecule has 1 aromatic carbocycles. The topological polar surface area (TPSA) is 9.72 Å². The van der Waals surface area contributed by atoms with Crippen LogP contribution in [0.4, 0.5) is 11.4 Å². The van der Waals surface area contributed by atoms with Gasteiger partial charge in [0.25, 0.3) is 0 Å². The number of fused-ring (bicyclic) bond motifs is 1. The van der Waals surface area contributed by atoms with Crippen LogP contribution in [0.25, 0.3) is 0 Å². The van der Waals surface area contributed by atoms with Crippen LogP contribution in [0.2, 0.25) is 0 Å². The van der Waals surface area contributed by atoms with Gasteiger partial charge in [0, 0.05) is 25.5 Å². The quantitative estimate of drug-likeness (QED) is 0.271. The van der Waals surface area contributed by atoms with Gasteiger partial charge in [-0.3, -0.25) is 0 Å². The smallest absolute Gasteiger partial charge is 0.106 e. The van der Waals surface area contributed by atoms with Crippen LogP contribution in [0, 0.1) is 5.92 Å². The summed E-state index contributed by atoms with van der Waals surface area (Å²) in [5, 5.41) is 0. The molecule has 0 bridgehead atoms. The van der Waals surface area contributed by atoms with Crippen molar-refractivity contribution in [2.24, 2.45) is 5.92 Å². The summed E-state index contributed by atoms with van der Waals surface area (Å²) >= 11 is 0. The van der Waals surface area contributed by atoms with Crippen LogP contribution in [0.5, 0.6) is 0 Å². The molecule has 0 aromatic heterocycles. The standard InChI is InChI=1S/C31H49N3/c1-8-15-27(16-9-2)17-13-11-10-12-14-18-28-20-22-30-31(23-28)33(7)26(5)34(30)29-21-19-24(3)32(6)25(29)4/h20,22-23,27,29H,3-5,8-19,21H2,1-2,6-7H3. The molecule has 2 heterocycles. The summed E-state index contributed by atoms with van der Waals surface area (Å²) in [5.41, 5.74) is 6.24. The molecule has 0 saturated carbocycles. The molecule has 1 fully saturated rings. The molecule has 188 valence electrons. The molecule has 34 heavy (non-hydrogen) atoms. The lowest BCUT2D eigenvalue weighted by Crippen LogP contribution is -2.43. The Morgan fingerprint density at radius 1 is 0.853 bits per heavy atom. The Kier molecular flexibility index (Phi) is 9.74. The van der Waals surface area contributed by atoms with Crippen LogP contribution >= 0.6 is 0 Å². The van der Waals surface area contributed by atoms with Crippen LogP contribution in [-0.2, 0) is 6.42 Å². The van der Waals surface area contributed by atoms with Crippen molar-refractivity contribution in [3.05, 3.63) is 60.7 Å². The van der Waals surface area contributed by atoms with Crippen LogP contribution in [0.1, 0.15) is 96.5 Å². The second kappa shape index (κ2) is 12.5. The molecule has 2 aliphatic rings. The molecule has 0 aliphatic carbocycles. The fraction of sp³-hybridized carbons (Fsp3) is 0.613. The van der Waals surface area contributed by atoms with E-state index < -0.39 is 0 Å². The van der Waals surface area contributed by atoms with E-state index >= 15 is 0 Å². The number of benzene rings is 1. The zero-order chi connectivity index (χ0) is 24.7. The van der Waals surface area contributed by atoms with E-state index in [9.17, 15) is 0 Å². The highest BCUT2D eigenvalue weighted by atomic mass is 15.4. The molecule has 3 heteroatoms. The Balaban J connectivity index is 1.49. The van der Waals surface area contributed by atoms with Crippen molar-refractivity contribution in [2.45, 2.75) is 103 Å². The highest BCUT2D eigenvalue weighted by Crippen LogP contribution is 2.45. The van der Waals surface area contributed by atoms with E-state index in [0.717, 1.165) is 36.0 Å². The summed E-state index contributed by atoms with van der Waals surface area (Å²) in [6.07, 6.45) is 17.0. The van der Waals surface area contributed by atoms with Crippen LogP contribution < -0.4 is 9.80 Å². The summed E-state index contributed by atoms with van der Waals surface area (Å²) in [7, 11) is 4.22. The van der Waals surface area contributed by atoms with Crippen LogP contribution in [0.3, 0.4) is 0 Å². The lowest BCUT2D eigenvalue weighted by Gasteiger charge is -2.41. The van der Waals surface area contributed by atoms with Gasteiger partial charge in [-0.2, -0.15) is 0 Å². The first-order valence-corrected chi connectivity index (χ1v) is 13.8. The molecule has 2 aliphatic heterocycles. The first-order chi connectivity index (χ1) is 16.4. The van der Waals surface area contributed by atoms with E-state index in [-0.39, 0.29) is 6.04 Å². The van der Waals surface area contributed by atoms with Gasteiger partial charge in [-0.15, -0.1) is 0 Å². The first kappa shape index (κ1) is 26.4. The van der Waals surface area contributed by atoms with Gasteiger partial charge in [0.15, 0.2) is 0 Å². The Morgan fingerprint density at radius 2 is 1.53 bits per heavy atom. The van der Waals surface area contributed by atoms with E-state index in [1.54, 1.807) is 0 Å². The number of allylic oxidation sites excluding steroid dienone is 1. The molecule has 3 rings (SSSR count). The molecule has 1 aromatic rings. The fourth-order valence-electron chi connectivity index (χ4n) is 5.87. The predicted molar refractivity (Wildman–Crippen MR) is 150 cm³/mol. The van der Waals surface area contributed by atoms with Crippen molar-refractivity contribution in [2.75, 3.05) is 23.9 Å². The Hall–Kier alpha value is -2.16. The number of likely N-dealkylation sites (tertiary alicyclic amines) is 1. The van der Waals surface area contributed by atoms with E-state index in [4.69, 9.17) is 0 Å². The summed E-state index contributed by atoms with van der Waals surface area (Å²) in [5.74, 6) is 2.02. The molecular formula is C31H49N3. The minimum atomic E-state index is 0.242. The van der Waals surface area contributed by atoms with Gasteiger partial charge in [-0.05, 0) is 49.3 Å². The molecule has 1 unspecified atom stereocenters. The summed E-state index contributed by atoms with van der Waals surface area (Å²) in [4.78, 5) is 6.79. The average molecular weight is 464 g/mol. The van der Waals surface area contributed by atoms with E-state index in [1.165, 1.54) is 87.6 Å². The van der Waals surface area contributed by atoms with Crippen molar-refractivity contribution >= 4 is 11.4 Å². The van der Waals surface area contributed by atoms with Crippen molar-refractivity contribution in [3.8, 4) is 0 Å². The summed E-state index contributed by atoms with van der Waals surface area (Å²) < 4.78 is 0. The zero-order valence-corrected chi connectivity index (χ0v) is 22.5. The lowest BCUT2D eigenvalue weighted by molar-refractivity contribution is 0.388. The summed E-state index contributed by atoms with van der Waals surface area (Å²) in [6.45, 7) is 17.7. The molecule has 1 atom stereocenters. The second-order valence-electron chi connectivity index (χ2n) is 10.6. The monoisotopic (exact) mass is 463 g/mol. The third-order valence-electron chi connectivity index (χ3n) is 8.11. The number of hydrogen-bond donors (Lipinski definition) is 0. The van der Waals surface area contributed by atoms with Crippen molar-refractivity contribution in [1.29, 1.82) is 0 Å². The fourth-order valence-corrected chi connectivity index (χ4v) is 5.87. The van der Waals surface area contributed by atoms with Gasteiger partial charge in [0.05, 0.1) is 17.4 Å². The van der Waals surface area contributed by atoms with E-state index in [1.807, 2.05) is 0 Å². The molecule has 3 nitrogen and oxygen atoms in total. The normalized spacial score (nSPS) is 18.4. The number of unbranched alkanes of at least 4 members (excludes halogenated alkanes) is 4. The predicted octanol–water partition coefficient (Wildman–Crippen LogP) is 8.64. The molecule has 0 amide bonds. The van der Waals surface area contributed by atoms with Crippen molar-refractivity contribution in [1.82, 2.24) is 4.90 Å². The molecule has 1 saturated heterocycles. The minimum absolute atomic E-state index is 0.242. The van der Waals surface area contributed by atoms with Crippen molar-refractivity contribution in [3.63, 3.8) is 0 Å². The Morgan fingerprint density at radius 3 is 2.24 bits per heavy atom. The highest BCUT2D eigenvalue weighted by molar-refractivity contribution is 5.83. The van der Waals surface area contributed by atoms with Crippen LogP contribution in [0.15, 0.2) is 55.2 Å². The van der Waals surface area contributed by atoms with Gasteiger partial charge < -0.3 is 14.7 Å². The molecular weight excluding hydrogens is 414 g/mol. The zero-order valence-electron chi connectivity index (χ0n) is 22.5. The van der Waals surface area contributed by atoms with E-state index in [0.29, 0.717) is 0 Å². The Bertz CT molecular complexity index is 848. The number of likely N-dealkylation sites (N-methyl/N-ethyl adjacent to an activating group) is 1.